The van der Waals surface area contributed by atoms with Crippen molar-refractivity contribution in [3.8, 4) is 6.07 Å². The fourth-order valence-corrected chi connectivity index (χ4v) is 2.82. The highest BCUT2D eigenvalue weighted by Gasteiger charge is 2.38. The first-order chi connectivity index (χ1) is 8.82. The van der Waals surface area contributed by atoms with Crippen LogP contribution in [-0.2, 0) is 0 Å². The first kappa shape index (κ1) is 14.1. The summed E-state index contributed by atoms with van der Waals surface area (Å²) >= 11 is 0. The van der Waals surface area contributed by atoms with Gasteiger partial charge in [-0.2, -0.15) is 5.26 Å². The maximum absolute atomic E-state index is 9.43. The van der Waals surface area contributed by atoms with Crippen molar-refractivity contribution in [2.45, 2.75) is 46.1 Å². The smallest absolute Gasteiger partial charge is 0.0676 e. The van der Waals surface area contributed by atoms with E-state index in [0.717, 1.165) is 13.1 Å². The number of hydrogen-bond donors (Lipinski definition) is 0. The van der Waals surface area contributed by atoms with Crippen LogP contribution in [0.4, 0.5) is 0 Å². The lowest BCUT2D eigenvalue weighted by molar-refractivity contribution is 0.170. The molecule has 0 unspecified atom stereocenters. The molecule has 0 amide bonds. The van der Waals surface area contributed by atoms with Crippen LogP contribution in [0.3, 0.4) is 0 Å². The first-order valence-corrected chi connectivity index (χ1v) is 7.04. The van der Waals surface area contributed by atoms with E-state index in [-0.39, 0.29) is 11.5 Å². The van der Waals surface area contributed by atoms with Crippen LogP contribution in [-0.4, -0.2) is 23.5 Å². The summed E-state index contributed by atoms with van der Waals surface area (Å²) in [5.74, 6) is 0.463. The van der Waals surface area contributed by atoms with Crippen molar-refractivity contribution in [1.82, 2.24) is 4.90 Å². The summed E-state index contributed by atoms with van der Waals surface area (Å²) in [5, 5.41) is 9.43. The van der Waals surface area contributed by atoms with Gasteiger partial charge in [0, 0.05) is 24.5 Å². The fourth-order valence-electron chi connectivity index (χ4n) is 2.82. The van der Waals surface area contributed by atoms with Crippen molar-refractivity contribution in [2.24, 2.45) is 5.92 Å². The third-order valence-corrected chi connectivity index (χ3v) is 4.39. The monoisotopic (exact) mass is 256 g/mol. The van der Waals surface area contributed by atoms with E-state index in [9.17, 15) is 5.26 Å². The molecule has 0 N–H and O–H groups in total. The number of aryl methyl sites for hydroxylation is 2. The summed E-state index contributed by atoms with van der Waals surface area (Å²) in [6.45, 7) is 12.8. The fraction of sp³-hybridized carbons (Fsp3) is 0.588. The molecule has 0 bridgehead atoms. The molecule has 1 aliphatic rings. The first-order valence-electron chi connectivity index (χ1n) is 7.04. The molecule has 0 radical (unpaired) electrons. The van der Waals surface area contributed by atoms with Crippen molar-refractivity contribution >= 4 is 0 Å². The van der Waals surface area contributed by atoms with Crippen LogP contribution in [0.1, 0.15) is 43.4 Å². The average molecular weight is 256 g/mol. The highest BCUT2D eigenvalue weighted by molar-refractivity contribution is 5.34. The summed E-state index contributed by atoms with van der Waals surface area (Å²) in [7, 11) is 0. The Morgan fingerprint density at radius 1 is 1.16 bits per heavy atom. The van der Waals surface area contributed by atoms with Gasteiger partial charge >= 0.3 is 0 Å². The molecule has 1 aliphatic heterocycles. The molecule has 102 valence electrons. The van der Waals surface area contributed by atoms with E-state index in [1.165, 1.54) is 16.7 Å². The van der Waals surface area contributed by atoms with Crippen LogP contribution in [0.15, 0.2) is 18.2 Å². The van der Waals surface area contributed by atoms with Gasteiger partial charge in [0.2, 0.25) is 0 Å². The summed E-state index contributed by atoms with van der Waals surface area (Å²) in [4.78, 5) is 2.43. The number of benzene rings is 1. The highest BCUT2D eigenvalue weighted by atomic mass is 15.2. The van der Waals surface area contributed by atoms with Gasteiger partial charge in [0.15, 0.2) is 0 Å². The zero-order valence-electron chi connectivity index (χ0n) is 12.7. The van der Waals surface area contributed by atoms with Gasteiger partial charge in [-0.25, -0.2) is 0 Å². The topological polar surface area (TPSA) is 27.0 Å². The Labute approximate surface area is 117 Å². The highest BCUT2D eigenvalue weighted by Crippen LogP contribution is 2.36. The maximum atomic E-state index is 9.43. The quantitative estimate of drug-likeness (QED) is 0.767. The van der Waals surface area contributed by atoms with Crippen LogP contribution in [0.2, 0.25) is 0 Å². The molecule has 2 rings (SSSR count). The van der Waals surface area contributed by atoms with Gasteiger partial charge in [-0.1, -0.05) is 18.2 Å². The number of hydrogen-bond acceptors (Lipinski definition) is 2. The average Bonchev–Trinajstić information content (AvgIpc) is 2.76. The molecule has 2 nitrogen and oxygen atoms in total. The second-order valence-electron chi connectivity index (χ2n) is 6.76. The summed E-state index contributed by atoms with van der Waals surface area (Å²) < 4.78 is 0. The van der Waals surface area contributed by atoms with Gasteiger partial charge in [0.25, 0.3) is 0 Å². The normalized spacial score (nSPS) is 24.4. The molecular formula is C17H24N2. The molecule has 1 aromatic carbocycles. The third kappa shape index (κ3) is 2.82. The molecule has 0 aromatic heterocycles. The predicted octanol–water partition coefficient (Wildman–Crippen LogP) is 3.64. The van der Waals surface area contributed by atoms with Crippen LogP contribution in [0.5, 0.6) is 0 Å². The van der Waals surface area contributed by atoms with E-state index in [4.69, 9.17) is 0 Å². The van der Waals surface area contributed by atoms with Gasteiger partial charge in [0.05, 0.1) is 12.0 Å². The molecular weight excluding hydrogens is 232 g/mol. The van der Waals surface area contributed by atoms with Crippen molar-refractivity contribution < 1.29 is 0 Å². The molecule has 0 aliphatic carbocycles. The largest absolute Gasteiger partial charge is 0.297 e. The lowest BCUT2D eigenvalue weighted by Gasteiger charge is -2.31. The Kier molecular flexibility index (Phi) is 3.69. The Bertz CT molecular complexity index is 505. The molecule has 1 heterocycles. The van der Waals surface area contributed by atoms with Crippen LogP contribution < -0.4 is 0 Å². The number of nitrogens with zero attached hydrogens (tertiary/aromatic N) is 2. The van der Waals surface area contributed by atoms with Gasteiger partial charge in [0.1, 0.15) is 0 Å². The van der Waals surface area contributed by atoms with Gasteiger partial charge in [-0.3, -0.25) is 4.90 Å². The van der Waals surface area contributed by atoms with Crippen molar-refractivity contribution in [1.29, 1.82) is 5.26 Å². The Morgan fingerprint density at radius 2 is 1.84 bits per heavy atom. The summed E-state index contributed by atoms with van der Waals surface area (Å²) in [6.07, 6.45) is 0. The lowest BCUT2D eigenvalue weighted by Crippen LogP contribution is -2.39. The summed E-state index contributed by atoms with van der Waals surface area (Å²) in [6, 6.07) is 9.14. The van der Waals surface area contributed by atoms with E-state index in [1.54, 1.807) is 0 Å². The van der Waals surface area contributed by atoms with E-state index < -0.39 is 0 Å². The van der Waals surface area contributed by atoms with Gasteiger partial charge < -0.3 is 0 Å². The molecule has 1 aromatic rings. The van der Waals surface area contributed by atoms with Crippen molar-refractivity contribution in [2.75, 3.05) is 13.1 Å². The molecule has 0 spiro atoms. The van der Waals surface area contributed by atoms with Crippen LogP contribution >= 0.6 is 0 Å². The van der Waals surface area contributed by atoms with E-state index in [0.29, 0.717) is 5.92 Å². The predicted molar refractivity (Wildman–Crippen MR) is 79.1 cm³/mol. The molecule has 19 heavy (non-hydrogen) atoms. The Morgan fingerprint density at radius 3 is 2.37 bits per heavy atom. The second kappa shape index (κ2) is 4.98. The maximum Gasteiger partial charge on any atom is 0.0676 e. The second-order valence-corrected chi connectivity index (χ2v) is 6.76. The van der Waals surface area contributed by atoms with Crippen LogP contribution in [0.25, 0.3) is 0 Å². The number of rotatable bonds is 1. The van der Waals surface area contributed by atoms with Crippen molar-refractivity contribution in [3.63, 3.8) is 0 Å². The standard InChI is InChI=1S/C17H24N2/c1-12-6-7-14(8-13(12)2)16-11-19(17(3,4)5)10-15(16)9-18/h6-8,15-16H,10-11H2,1-5H3/t15-,16+/m1/s1. The Hall–Kier alpha value is -1.33. The van der Waals surface area contributed by atoms with E-state index >= 15 is 0 Å². The number of likely N-dealkylation sites (tertiary alicyclic amines) is 1. The van der Waals surface area contributed by atoms with Crippen molar-refractivity contribution in [3.05, 3.63) is 34.9 Å². The minimum Gasteiger partial charge on any atom is -0.297 e. The summed E-state index contributed by atoms with van der Waals surface area (Å²) in [5.41, 5.74) is 4.11. The minimum atomic E-state index is 0.112. The van der Waals surface area contributed by atoms with E-state index in [1.807, 2.05) is 0 Å². The zero-order valence-corrected chi connectivity index (χ0v) is 12.7. The molecule has 0 saturated carbocycles. The third-order valence-electron chi connectivity index (χ3n) is 4.39. The SMILES string of the molecule is Cc1ccc([C@@H]2CN(C(C)(C)C)C[C@H]2C#N)cc1C. The van der Waals surface area contributed by atoms with Gasteiger partial charge in [-0.05, 0) is 51.3 Å². The lowest BCUT2D eigenvalue weighted by atomic mass is 9.88. The zero-order chi connectivity index (χ0) is 14.2. The van der Waals surface area contributed by atoms with Gasteiger partial charge in [-0.15, -0.1) is 0 Å². The molecule has 1 saturated heterocycles. The molecule has 2 heteroatoms. The van der Waals surface area contributed by atoms with Crippen LogP contribution in [0, 0.1) is 31.1 Å². The molecule has 1 fully saturated rings. The Balaban J connectivity index is 2.28. The molecule has 2 atom stereocenters. The number of nitriles is 1. The van der Waals surface area contributed by atoms with E-state index in [2.05, 4.69) is 63.8 Å². The minimum absolute atomic E-state index is 0.112.